The molecule has 0 amide bonds. The molecule has 2 rings (SSSR count). The maximum Gasteiger partial charge on any atom is 0.0107 e. The molecule has 2 heteroatoms. The third-order valence-electron chi connectivity index (χ3n) is 2.77. The van der Waals surface area contributed by atoms with Gasteiger partial charge in [0.15, 0.2) is 0 Å². The Labute approximate surface area is 90.1 Å². The van der Waals surface area contributed by atoms with Gasteiger partial charge in [-0.25, -0.2) is 0 Å². The second-order valence-corrected chi connectivity index (χ2v) is 5.16. The zero-order chi connectivity index (χ0) is 9.97. The van der Waals surface area contributed by atoms with Crippen LogP contribution in [0.3, 0.4) is 0 Å². The zero-order valence-electron chi connectivity index (χ0n) is 8.57. The maximum absolute atomic E-state index is 5.78. The van der Waals surface area contributed by atoms with Crippen molar-refractivity contribution in [3.05, 3.63) is 29.8 Å². The van der Waals surface area contributed by atoms with E-state index in [1.807, 2.05) is 11.8 Å². The van der Waals surface area contributed by atoms with Crippen LogP contribution in [-0.2, 0) is 0 Å². The summed E-state index contributed by atoms with van der Waals surface area (Å²) >= 11 is 1.99. The summed E-state index contributed by atoms with van der Waals surface area (Å²) in [5.74, 6) is 1.98. The van der Waals surface area contributed by atoms with E-state index < -0.39 is 0 Å². The second kappa shape index (κ2) is 4.37. The van der Waals surface area contributed by atoms with Gasteiger partial charge >= 0.3 is 0 Å². The molecule has 0 saturated carbocycles. The molecule has 14 heavy (non-hydrogen) atoms. The fourth-order valence-electron chi connectivity index (χ4n) is 1.93. The highest BCUT2D eigenvalue weighted by Crippen LogP contribution is 2.41. The average Bonchev–Trinajstić information content (AvgIpc) is 2.58. The van der Waals surface area contributed by atoms with Gasteiger partial charge in [0.25, 0.3) is 0 Å². The number of fused-ring (bicyclic) bond motifs is 1. The van der Waals surface area contributed by atoms with Crippen molar-refractivity contribution in [2.75, 3.05) is 5.75 Å². The number of hydrogen-bond donors (Lipinski definition) is 1. The highest BCUT2D eigenvalue weighted by atomic mass is 32.2. The molecule has 1 aliphatic heterocycles. The van der Waals surface area contributed by atoms with Crippen LogP contribution in [0.15, 0.2) is 29.2 Å². The summed E-state index contributed by atoms with van der Waals surface area (Å²) in [6.45, 7) is 2.09. The Balaban J connectivity index is 2.03. The first-order chi connectivity index (χ1) is 6.77. The van der Waals surface area contributed by atoms with Crippen LogP contribution in [-0.4, -0.2) is 11.8 Å². The lowest BCUT2D eigenvalue weighted by Crippen LogP contribution is -2.15. The molecule has 2 unspecified atom stereocenters. The lowest BCUT2D eigenvalue weighted by atomic mass is 9.95. The normalized spacial score (nSPS) is 22.0. The van der Waals surface area contributed by atoms with Crippen molar-refractivity contribution in [1.29, 1.82) is 0 Å². The number of nitrogens with two attached hydrogens (primary N) is 1. The molecule has 0 saturated heterocycles. The van der Waals surface area contributed by atoms with E-state index in [0.29, 0.717) is 6.04 Å². The Hall–Kier alpha value is -0.470. The minimum Gasteiger partial charge on any atom is -0.328 e. The van der Waals surface area contributed by atoms with Gasteiger partial charge in [-0.15, -0.1) is 11.8 Å². The van der Waals surface area contributed by atoms with Crippen molar-refractivity contribution in [3.8, 4) is 0 Å². The highest BCUT2D eigenvalue weighted by Gasteiger charge is 2.22. The van der Waals surface area contributed by atoms with Gasteiger partial charge in [0.05, 0.1) is 0 Å². The molecule has 0 radical (unpaired) electrons. The van der Waals surface area contributed by atoms with Crippen LogP contribution in [0.5, 0.6) is 0 Å². The molecule has 2 atom stereocenters. The minimum atomic E-state index is 0.341. The lowest BCUT2D eigenvalue weighted by molar-refractivity contribution is 0.574. The summed E-state index contributed by atoms with van der Waals surface area (Å²) in [6, 6.07) is 9.10. The predicted octanol–water partition coefficient (Wildman–Crippen LogP) is 3.00. The first kappa shape index (κ1) is 10.1. The van der Waals surface area contributed by atoms with E-state index >= 15 is 0 Å². The van der Waals surface area contributed by atoms with E-state index in [1.54, 1.807) is 0 Å². The molecule has 0 bridgehead atoms. The van der Waals surface area contributed by atoms with Crippen LogP contribution >= 0.6 is 11.8 Å². The summed E-state index contributed by atoms with van der Waals surface area (Å²) in [7, 11) is 0. The fourth-order valence-corrected chi connectivity index (χ4v) is 3.24. The van der Waals surface area contributed by atoms with Crippen molar-refractivity contribution in [3.63, 3.8) is 0 Å². The number of hydrogen-bond acceptors (Lipinski definition) is 2. The topological polar surface area (TPSA) is 26.0 Å². The molecule has 0 spiro atoms. The van der Waals surface area contributed by atoms with Gasteiger partial charge in [0, 0.05) is 16.7 Å². The lowest BCUT2D eigenvalue weighted by Gasteiger charge is -2.11. The van der Waals surface area contributed by atoms with Gasteiger partial charge in [-0.3, -0.25) is 0 Å². The minimum absolute atomic E-state index is 0.341. The van der Waals surface area contributed by atoms with Crippen molar-refractivity contribution in [2.24, 2.45) is 5.73 Å². The third-order valence-corrected chi connectivity index (χ3v) is 4.02. The van der Waals surface area contributed by atoms with E-state index in [1.165, 1.54) is 22.6 Å². The molecule has 1 aromatic carbocycles. The van der Waals surface area contributed by atoms with Crippen LogP contribution in [0.1, 0.15) is 31.2 Å². The Morgan fingerprint density at radius 1 is 1.50 bits per heavy atom. The van der Waals surface area contributed by atoms with Gasteiger partial charge in [-0.1, -0.05) is 18.2 Å². The average molecular weight is 207 g/mol. The fraction of sp³-hybridized carbons (Fsp3) is 0.500. The smallest absolute Gasteiger partial charge is 0.0107 e. The maximum atomic E-state index is 5.78. The monoisotopic (exact) mass is 207 g/mol. The van der Waals surface area contributed by atoms with Crippen LogP contribution in [0.4, 0.5) is 0 Å². The van der Waals surface area contributed by atoms with E-state index in [2.05, 4.69) is 31.2 Å². The second-order valence-electron chi connectivity index (χ2n) is 4.10. The van der Waals surface area contributed by atoms with Crippen molar-refractivity contribution in [1.82, 2.24) is 0 Å². The standard InChI is InChI=1S/C12H17NS/c1-9(13)6-7-10-8-14-12-5-3-2-4-11(10)12/h2-5,9-10H,6-8,13H2,1H3. The summed E-state index contributed by atoms with van der Waals surface area (Å²) < 4.78 is 0. The van der Waals surface area contributed by atoms with Crippen LogP contribution < -0.4 is 5.73 Å². The largest absolute Gasteiger partial charge is 0.328 e. The van der Waals surface area contributed by atoms with Gasteiger partial charge in [0.1, 0.15) is 0 Å². The molecule has 1 aliphatic rings. The van der Waals surface area contributed by atoms with Crippen molar-refractivity contribution < 1.29 is 0 Å². The number of benzene rings is 1. The van der Waals surface area contributed by atoms with E-state index in [0.717, 1.165) is 12.3 Å². The summed E-state index contributed by atoms with van der Waals surface area (Å²) in [6.07, 6.45) is 2.38. The number of rotatable bonds is 3. The SMILES string of the molecule is CC(N)CCC1CSc2ccccc21. The van der Waals surface area contributed by atoms with Gasteiger partial charge < -0.3 is 5.73 Å². The molecule has 1 nitrogen and oxygen atoms in total. The molecule has 0 fully saturated rings. The van der Waals surface area contributed by atoms with Crippen molar-refractivity contribution in [2.45, 2.75) is 36.6 Å². The predicted molar refractivity (Wildman–Crippen MR) is 62.8 cm³/mol. The summed E-state index contributed by atoms with van der Waals surface area (Å²) in [4.78, 5) is 1.47. The first-order valence-electron chi connectivity index (χ1n) is 5.24. The van der Waals surface area contributed by atoms with Gasteiger partial charge in [0.2, 0.25) is 0 Å². The Morgan fingerprint density at radius 3 is 3.07 bits per heavy atom. The van der Waals surface area contributed by atoms with Crippen LogP contribution in [0.25, 0.3) is 0 Å². The Morgan fingerprint density at radius 2 is 2.29 bits per heavy atom. The van der Waals surface area contributed by atoms with Crippen LogP contribution in [0, 0.1) is 0 Å². The summed E-state index contributed by atoms with van der Waals surface area (Å²) in [5, 5.41) is 0. The number of thioether (sulfide) groups is 1. The molecular weight excluding hydrogens is 190 g/mol. The third kappa shape index (κ3) is 2.12. The zero-order valence-corrected chi connectivity index (χ0v) is 9.39. The van der Waals surface area contributed by atoms with E-state index in [-0.39, 0.29) is 0 Å². The molecule has 1 heterocycles. The van der Waals surface area contributed by atoms with Gasteiger partial charge in [-0.2, -0.15) is 0 Å². The van der Waals surface area contributed by atoms with Crippen LogP contribution in [0.2, 0.25) is 0 Å². The van der Waals surface area contributed by atoms with E-state index in [9.17, 15) is 0 Å². The van der Waals surface area contributed by atoms with Crippen molar-refractivity contribution >= 4 is 11.8 Å². The molecule has 76 valence electrons. The Bertz CT molecular complexity index is 309. The first-order valence-corrected chi connectivity index (χ1v) is 6.23. The molecule has 0 aromatic heterocycles. The van der Waals surface area contributed by atoms with E-state index in [4.69, 9.17) is 5.73 Å². The Kier molecular flexibility index (Phi) is 3.14. The summed E-state index contributed by atoms with van der Waals surface area (Å²) in [5.41, 5.74) is 7.32. The quantitative estimate of drug-likeness (QED) is 0.824. The highest BCUT2D eigenvalue weighted by molar-refractivity contribution is 7.99. The molecule has 1 aromatic rings. The molecule has 0 aliphatic carbocycles. The molecular formula is C12H17NS. The van der Waals surface area contributed by atoms with Gasteiger partial charge in [-0.05, 0) is 37.3 Å². The molecule has 2 N–H and O–H groups in total.